The number of nitrogens with zero attached hydrogens (tertiary/aromatic N) is 1. The van der Waals surface area contributed by atoms with Crippen LogP contribution >= 0.6 is 11.3 Å². The van der Waals surface area contributed by atoms with Crippen molar-refractivity contribution in [1.29, 1.82) is 0 Å². The number of aromatic nitrogens is 1. The van der Waals surface area contributed by atoms with Gasteiger partial charge >= 0.3 is 0 Å². The van der Waals surface area contributed by atoms with Gasteiger partial charge in [0.2, 0.25) is 5.91 Å². The number of fused-ring (bicyclic) bond motifs is 3. The molecule has 3 rings (SSSR count). The highest BCUT2D eigenvalue weighted by atomic mass is 32.1. The summed E-state index contributed by atoms with van der Waals surface area (Å²) in [5.74, 6) is -0.740. The van der Waals surface area contributed by atoms with E-state index in [1.54, 1.807) is 11.3 Å². The van der Waals surface area contributed by atoms with Gasteiger partial charge in [-0.2, -0.15) is 0 Å². The molecule has 0 bridgehead atoms. The molecule has 0 spiro atoms. The first kappa shape index (κ1) is 9.41. The topological polar surface area (TPSA) is 77.1 Å². The highest BCUT2D eigenvalue weighted by Gasteiger charge is 2.29. The maximum Gasteiger partial charge on any atom is 0.268 e. The molecule has 2 aromatic rings. The Hall–Kier alpha value is -1.82. The molecule has 6 heteroatoms. The molecule has 2 amide bonds. The van der Waals surface area contributed by atoms with Gasteiger partial charge in [-0.3, -0.25) is 9.59 Å². The molecule has 1 atom stereocenters. The van der Waals surface area contributed by atoms with Crippen LogP contribution in [0.3, 0.4) is 0 Å². The predicted molar refractivity (Wildman–Crippen MR) is 60.3 cm³/mol. The number of hydrogen-bond acceptors (Lipinski definition) is 3. The van der Waals surface area contributed by atoms with Gasteiger partial charge in [-0.25, -0.2) is 0 Å². The molecule has 16 heavy (non-hydrogen) atoms. The smallest absolute Gasteiger partial charge is 0.268 e. The summed E-state index contributed by atoms with van der Waals surface area (Å²) in [6.45, 7) is 0.417. The van der Waals surface area contributed by atoms with Gasteiger partial charge in [0.05, 0.1) is 6.54 Å². The van der Waals surface area contributed by atoms with Gasteiger partial charge in [0, 0.05) is 5.39 Å². The molecule has 1 aliphatic heterocycles. The number of primary amides is 1. The second-order valence-corrected chi connectivity index (χ2v) is 4.64. The summed E-state index contributed by atoms with van der Waals surface area (Å²) in [7, 11) is 0. The Bertz CT molecular complexity index is 598. The van der Waals surface area contributed by atoms with E-state index in [9.17, 15) is 9.59 Å². The van der Waals surface area contributed by atoms with E-state index in [-0.39, 0.29) is 5.91 Å². The molecule has 0 saturated carbocycles. The molecule has 82 valence electrons. The second kappa shape index (κ2) is 3.08. The fraction of sp³-hybridized carbons (Fsp3) is 0.200. The number of carbonyl (C=O) groups excluding carboxylic acids is 2. The van der Waals surface area contributed by atoms with Crippen LogP contribution in [0, 0.1) is 0 Å². The Morgan fingerprint density at radius 2 is 2.44 bits per heavy atom. The van der Waals surface area contributed by atoms with Crippen LogP contribution in [0.1, 0.15) is 10.5 Å². The lowest BCUT2D eigenvalue weighted by Gasteiger charge is -2.23. The zero-order chi connectivity index (χ0) is 11.3. The fourth-order valence-corrected chi connectivity index (χ4v) is 2.87. The molecule has 1 unspecified atom stereocenters. The molecular weight excluding hydrogens is 226 g/mol. The average molecular weight is 235 g/mol. The number of thiophene rings is 1. The summed E-state index contributed by atoms with van der Waals surface area (Å²) < 4.78 is 1.86. The zero-order valence-electron chi connectivity index (χ0n) is 8.27. The lowest BCUT2D eigenvalue weighted by atomic mass is 10.2. The largest absolute Gasteiger partial charge is 0.368 e. The summed E-state index contributed by atoms with van der Waals surface area (Å²) in [6, 6.07) is 3.17. The average Bonchev–Trinajstić information content (AvgIpc) is 2.78. The van der Waals surface area contributed by atoms with Crippen LogP contribution in [0.4, 0.5) is 0 Å². The molecule has 0 aliphatic carbocycles. The molecule has 0 fully saturated rings. The Morgan fingerprint density at radius 3 is 3.19 bits per heavy atom. The standard InChI is InChI=1S/C10H9N3O2S/c11-8(14)6-4-13-7(9(15)12-6)3-5-1-2-16-10(5)13/h1-3,6H,4H2,(H2,11,14)(H,12,15). The van der Waals surface area contributed by atoms with Crippen LogP contribution in [0.25, 0.3) is 10.2 Å². The van der Waals surface area contributed by atoms with Crippen molar-refractivity contribution in [2.75, 3.05) is 0 Å². The van der Waals surface area contributed by atoms with Gasteiger partial charge in [0.25, 0.3) is 5.91 Å². The van der Waals surface area contributed by atoms with Gasteiger partial charge in [0.1, 0.15) is 16.6 Å². The molecule has 0 saturated heterocycles. The second-order valence-electron chi connectivity index (χ2n) is 3.75. The molecule has 0 radical (unpaired) electrons. The van der Waals surface area contributed by atoms with Crippen LogP contribution in [-0.2, 0) is 11.3 Å². The van der Waals surface area contributed by atoms with E-state index in [4.69, 9.17) is 5.73 Å². The van der Waals surface area contributed by atoms with Crippen molar-refractivity contribution in [3.05, 3.63) is 23.2 Å². The van der Waals surface area contributed by atoms with Crippen molar-refractivity contribution in [2.45, 2.75) is 12.6 Å². The minimum Gasteiger partial charge on any atom is -0.368 e. The van der Waals surface area contributed by atoms with Gasteiger partial charge in [-0.05, 0) is 17.5 Å². The number of hydrogen-bond donors (Lipinski definition) is 2. The van der Waals surface area contributed by atoms with Crippen LogP contribution < -0.4 is 11.1 Å². The Labute approximate surface area is 94.8 Å². The van der Waals surface area contributed by atoms with Crippen LogP contribution in [0.15, 0.2) is 17.5 Å². The third-order valence-corrected chi connectivity index (χ3v) is 3.70. The summed E-state index contributed by atoms with van der Waals surface area (Å²) >= 11 is 1.56. The molecule has 1 aliphatic rings. The quantitative estimate of drug-likeness (QED) is 0.745. The van der Waals surface area contributed by atoms with Crippen molar-refractivity contribution in [3.8, 4) is 0 Å². The Kier molecular flexibility index (Phi) is 1.81. The van der Waals surface area contributed by atoms with E-state index in [0.29, 0.717) is 12.2 Å². The summed E-state index contributed by atoms with van der Waals surface area (Å²) in [6.07, 6.45) is 0. The predicted octanol–water partition coefficient (Wildman–Crippen LogP) is 0.300. The SMILES string of the molecule is NC(=O)C1Cn2c(cc3ccsc32)C(=O)N1. The number of amides is 2. The third-order valence-electron chi connectivity index (χ3n) is 2.75. The molecule has 3 heterocycles. The summed E-state index contributed by atoms with van der Waals surface area (Å²) in [4.78, 5) is 23.8. The zero-order valence-corrected chi connectivity index (χ0v) is 9.08. The van der Waals surface area contributed by atoms with E-state index in [1.165, 1.54) is 0 Å². The first-order valence-corrected chi connectivity index (χ1v) is 5.71. The Morgan fingerprint density at radius 1 is 1.62 bits per heavy atom. The van der Waals surface area contributed by atoms with E-state index < -0.39 is 11.9 Å². The van der Waals surface area contributed by atoms with Gasteiger partial charge < -0.3 is 15.6 Å². The van der Waals surface area contributed by atoms with Gasteiger partial charge in [-0.1, -0.05) is 0 Å². The third kappa shape index (κ3) is 1.16. The van der Waals surface area contributed by atoms with E-state index in [1.807, 2.05) is 22.1 Å². The van der Waals surface area contributed by atoms with Gasteiger partial charge in [-0.15, -0.1) is 11.3 Å². The lowest BCUT2D eigenvalue weighted by molar-refractivity contribution is -0.120. The first-order chi connectivity index (χ1) is 7.66. The van der Waals surface area contributed by atoms with Crippen molar-refractivity contribution in [2.24, 2.45) is 5.73 Å². The minimum atomic E-state index is -0.613. The first-order valence-electron chi connectivity index (χ1n) is 4.84. The maximum absolute atomic E-state index is 11.7. The molecular formula is C10H9N3O2S. The van der Waals surface area contributed by atoms with Crippen LogP contribution in [0.2, 0.25) is 0 Å². The van der Waals surface area contributed by atoms with Crippen molar-refractivity contribution < 1.29 is 9.59 Å². The summed E-state index contributed by atoms with van der Waals surface area (Å²) in [5, 5.41) is 5.58. The molecule has 0 aromatic carbocycles. The molecule has 2 aromatic heterocycles. The van der Waals surface area contributed by atoms with Crippen molar-refractivity contribution >= 4 is 33.4 Å². The Balaban J connectivity index is 2.17. The number of nitrogens with one attached hydrogen (secondary N) is 1. The van der Waals surface area contributed by atoms with Gasteiger partial charge in [0.15, 0.2) is 0 Å². The fourth-order valence-electron chi connectivity index (χ4n) is 1.97. The number of rotatable bonds is 1. The summed E-state index contributed by atoms with van der Waals surface area (Å²) in [5.41, 5.74) is 5.81. The van der Waals surface area contributed by atoms with Crippen molar-refractivity contribution in [3.63, 3.8) is 0 Å². The highest BCUT2D eigenvalue weighted by Crippen LogP contribution is 2.27. The maximum atomic E-state index is 11.7. The highest BCUT2D eigenvalue weighted by molar-refractivity contribution is 7.16. The van der Waals surface area contributed by atoms with Crippen LogP contribution in [-0.4, -0.2) is 22.4 Å². The van der Waals surface area contributed by atoms with E-state index in [0.717, 1.165) is 10.2 Å². The molecule has 3 N–H and O–H groups in total. The number of carbonyl (C=O) groups is 2. The monoisotopic (exact) mass is 235 g/mol. The van der Waals surface area contributed by atoms with Crippen LogP contribution in [0.5, 0.6) is 0 Å². The normalized spacial score (nSPS) is 19.5. The van der Waals surface area contributed by atoms with Crippen molar-refractivity contribution in [1.82, 2.24) is 9.88 Å². The molecule has 5 nitrogen and oxygen atoms in total. The lowest BCUT2D eigenvalue weighted by Crippen LogP contribution is -2.51. The van der Waals surface area contributed by atoms with E-state index in [2.05, 4.69) is 5.32 Å². The van der Waals surface area contributed by atoms with E-state index >= 15 is 0 Å². The minimum absolute atomic E-state index is 0.238. The number of nitrogens with two attached hydrogens (primary N) is 1.